The minimum atomic E-state index is -3.86. The molecule has 0 fully saturated rings. The van der Waals surface area contributed by atoms with Crippen molar-refractivity contribution in [2.24, 2.45) is 5.92 Å². The lowest BCUT2D eigenvalue weighted by Gasteiger charge is -2.24. The van der Waals surface area contributed by atoms with Gasteiger partial charge in [0, 0.05) is 5.02 Å². The Morgan fingerprint density at radius 1 is 1.18 bits per heavy atom. The molecular formula is C20H25ClN2O4S. The Morgan fingerprint density at radius 3 is 2.39 bits per heavy atom. The first-order valence-electron chi connectivity index (χ1n) is 8.91. The van der Waals surface area contributed by atoms with Gasteiger partial charge in [0.1, 0.15) is 11.8 Å². The lowest BCUT2D eigenvalue weighted by Crippen LogP contribution is -2.47. The fourth-order valence-electron chi connectivity index (χ4n) is 2.60. The zero-order valence-corrected chi connectivity index (χ0v) is 17.9. The summed E-state index contributed by atoms with van der Waals surface area (Å²) in [6.45, 7) is 5.58. The van der Waals surface area contributed by atoms with Gasteiger partial charge in [-0.2, -0.15) is 4.72 Å². The van der Waals surface area contributed by atoms with Crippen LogP contribution in [0.15, 0.2) is 47.4 Å². The van der Waals surface area contributed by atoms with Crippen LogP contribution in [0.25, 0.3) is 0 Å². The highest BCUT2D eigenvalue weighted by atomic mass is 35.5. The number of benzene rings is 2. The topological polar surface area (TPSA) is 84.5 Å². The zero-order valence-electron chi connectivity index (χ0n) is 16.3. The van der Waals surface area contributed by atoms with Crippen LogP contribution in [0.2, 0.25) is 5.02 Å². The number of nitrogens with one attached hydrogen (secondary N) is 2. The van der Waals surface area contributed by atoms with Gasteiger partial charge in [0.25, 0.3) is 0 Å². The first-order chi connectivity index (χ1) is 13.2. The number of amides is 1. The van der Waals surface area contributed by atoms with Crippen molar-refractivity contribution in [1.82, 2.24) is 4.72 Å². The van der Waals surface area contributed by atoms with Gasteiger partial charge in [0.05, 0.1) is 17.7 Å². The molecule has 0 heterocycles. The summed E-state index contributed by atoms with van der Waals surface area (Å²) in [7, 11) is -2.38. The van der Waals surface area contributed by atoms with Gasteiger partial charge in [-0.1, -0.05) is 49.6 Å². The van der Waals surface area contributed by atoms with Gasteiger partial charge in [-0.3, -0.25) is 4.79 Å². The van der Waals surface area contributed by atoms with E-state index in [0.29, 0.717) is 22.9 Å². The normalized spacial score (nSPS) is 13.6. The molecule has 0 bridgehead atoms. The van der Waals surface area contributed by atoms with Crippen LogP contribution in [-0.4, -0.2) is 27.5 Å². The molecule has 0 aliphatic heterocycles. The van der Waals surface area contributed by atoms with E-state index in [4.69, 9.17) is 16.3 Å². The summed E-state index contributed by atoms with van der Waals surface area (Å²) in [6.07, 6.45) is 0.612. The summed E-state index contributed by atoms with van der Waals surface area (Å²) in [5.41, 5.74) is 1.33. The standard InChI is InChI=1S/C20H25ClN2O4S/c1-5-14(3)19(23-28(25,26)16-9-6-13(2)7-10-16)20(24)22-17-12-15(21)8-11-18(17)27-4/h6-12,14,19,23H,5H2,1-4H3,(H,22,24)/t14-,19-/m0/s1. The van der Waals surface area contributed by atoms with E-state index in [-0.39, 0.29) is 10.8 Å². The molecule has 6 nitrogen and oxygen atoms in total. The number of anilines is 1. The summed E-state index contributed by atoms with van der Waals surface area (Å²) >= 11 is 6.01. The second-order valence-electron chi connectivity index (χ2n) is 6.63. The molecule has 0 saturated heterocycles. The second-order valence-corrected chi connectivity index (χ2v) is 8.78. The largest absolute Gasteiger partial charge is 0.495 e. The molecule has 0 unspecified atom stereocenters. The molecule has 0 aliphatic rings. The first-order valence-corrected chi connectivity index (χ1v) is 10.8. The highest BCUT2D eigenvalue weighted by Gasteiger charge is 2.30. The van der Waals surface area contributed by atoms with Crippen molar-refractivity contribution in [2.75, 3.05) is 12.4 Å². The summed E-state index contributed by atoms with van der Waals surface area (Å²) in [5, 5.41) is 3.15. The fourth-order valence-corrected chi connectivity index (χ4v) is 4.08. The minimum absolute atomic E-state index is 0.111. The van der Waals surface area contributed by atoms with Gasteiger partial charge in [-0.05, 0) is 43.2 Å². The maximum absolute atomic E-state index is 12.9. The molecule has 2 atom stereocenters. The second kappa shape index (κ2) is 9.41. The molecule has 28 heavy (non-hydrogen) atoms. The van der Waals surface area contributed by atoms with Crippen LogP contribution in [0.4, 0.5) is 5.69 Å². The number of carbonyl (C=O) groups excluding carboxylic acids is 1. The van der Waals surface area contributed by atoms with Crippen LogP contribution in [0, 0.1) is 12.8 Å². The summed E-state index contributed by atoms with van der Waals surface area (Å²) in [4.78, 5) is 13.0. The monoisotopic (exact) mass is 424 g/mol. The van der Waals surface area contributed by atoms with Gasteiger partial charge in [0.15, 0.2) is 0 Å². The molecule has 2 rings (SSSR count). The smallest absolute Gasteiger partial charge is 0.242 e. The van der Waals surface area contributed by atoms with E-state index in [1.54, 1.807) is 30.3 Å². The molecule has 0 aliphatic carbocycles. The molecule has 2 N–H and O–H groups in total. The molecule has 2 aromatic rings. The molecule has 8 heteroatoms. The quantitative estimate of drug-likeness (QED) is 0.671. The van der Waals surface area contributed by atoms with Crippen molar-refractivity contribution >= 4 is 33.2 Å². The number of rotatable bonds is 8. The lowest BCUT2D eigenvalue weighted by molar-refractivity contribution is -0.118. The van der Waals surface area contributed by atoms with Crippen molar-refractivity contribution in [3.8, 4) is 5.75 Å². The number of ether oxygens (including phenoxy) is 1. The Morgan fingerprint density at radius 2 is 1.82 bits per heavy atom. The Hall–Kier alpha value is -2.09. The minimum Gasteiger partial charge on any atom is -0.495 e. The molecule has 0 spiro atoms. The average Bonchev–Trinajstić information content (AvgIpc) is 2.66. The summed E-state index contributed by atoms with van der Waals surface area (Å²) in [6, 6.07) is 10.3. The van der Waals surface area contributed by atoms with Crippen LogP contribution in [0.1, 0.15) is 25.8 Å². The van der Waals surface area contributed by atoms with E-state index in [1.165, 1.54) is 19.2 Å². The van der Waals surface area contributed by atoms with Crippen molar-refractivity contribution in [1.29, 1.82) is 0 Å². The average molecular weight is 425 g/mol. The van der Waals surface area contributed by atoms with Crippen LogP contribution in [0.5, 0.6) is 5.75 Å². The van der Waals surface area contributed by atoms with E-state index < -0.39 is 22.0 Å². The molecule has 0 saturated carbocycles. The van der Waals surface area contributed by atoms with E-state index in [2.05, 4.69) is 10.0 Å². The maximum atomic E-state index is 12.9. The van der Waals surface area contributed by atoms with Gasteiger partial charge < -0.3 is 10.1 Å². The predicted molar refractivity (Wildman–Crippen MR) is 111 cm³/mol. The number of hydrogen-bond donors (Lipinski definition) is 2. The Balaban J connectivity index is 2.29. The molecule has 0 radical (unpaired) electrons. The summed E-state index contributed by atoms with van der Waals surface area (Å²) < 4.78 is 33.3. The Kier molecular flexibility index (Phi) is 7.46. The molecule has 1 amide bonds. The lowest BCUT2D eigenvalue weighted by atomic mass is 9.99. The number of methoxy groups -OCH3 is 1. The Bertz CT molecular complexity index is 930. The van der Waals surface area contributed by atoms with Gasteiger partial charge in [-0.15, -0.1) is 0 Å². The number of hydrogen-bond acceptors (Lipinski definition) is 4. The van der Waals surface area contributed by atoms with Crippen molar-refractivity contribution in [3.05, 3.63) is 53.1 Å². The van der Waals surface area contributed by atoms with Gasteiger partial charge in [0.2, 0.25) is 15.9 Å². The maximum Gasteiger partial charge on any atom is 0.242 e. The number of aryl methyl sites for hydroxylation is 1. The zero-order chi connectivity index (χ0) is 20.9. The van der Waals surface area contributed by atoms with Crippen LogP contribution < -0.4 is 14.8 Å². The number of sulfonamides is 1. The molecule has 152 valence electrons. The third-order valence-electron chi connectivity index (χ3n) is 4.53. The first kappa shape index (κ1) is 22.2. The molecule has 0 aromatic heterocycles. The van der Waals surface area contributed by atoms with Crippen LogP contribution in [-0.2, 0) is 14.8 Å². The van der Waals surface area contributed by atoms with Crippen molar-refractivity contribution in [3.63, 3.8) is 0 Å². The third kappa shape index (κ3) is 5.47. The summed E-state index contributed by atoms with van der Waals surface area (Å²) in [5.74, 6) is -0.280. The fraction of sp³-hybridized carbons (Fsp3) is 0.350. The van der Waals surface area contributed by atoms with Crippen LogP contribution in [0.3, 0.4) is 0 Å². The van der Waals surface area contributed by atoms with E-state index >= 15 is 0 Å². The molecular weight excluding hydrogens is 400 g/mol. The highest BCUT2D eigenvalue weighted by molar-refractivity contribution is 7.89. The van der Waals surface area contributed by atoms with Gasteiger partial charge in [-0.25, -0.2) is 8.42 Å². The third-order valence-corrected chi connectivity index (χ3v) is 6.22. The highest BCUT2D eigenvalue weighted by Crippen LogP contribution is 2.28. The van der Waals surface area contributed by atoms with Gasteiger partial charge >= 0.3 is 0 Å². The predicted octanol–water partition coefficient (Wildman–Crippen LogP) is 3.99. The number of carbonyl (C=O) groups is 1. The van der Waals surface area contributed by atoms with Crippen molar-refractivity contribution < 1.29 is 17.9 Å². The van der Waals surface area contributed by atoms with Crippen LogP contribution >= 0.6 is 11.6 Å². The van der Waals surface area contributed by atoms with E-state index in [1.807, 2.05) is 20.8 Å². The number of halogens is 1. The molecule has 2 aromatic carbocycles. The van der Waals surface area contributed by atoms with E-state index in [0.717, 1.165) is 5.56 Å². The Labute approximate surface area is 171 Å². The SMILES string of the molecule is CC[C@H](C)[C@H](NS(=O)(=O)c1ccc(C)cc1)C(=O)Nc1cc(Cl)ccc1OC. The van der Waals surface area contributed by atoms with Crippen molar-refractivity contribution in [2.45, 2.75) is 38.1 Å². The van der Waals surface area contributed by atoms with E-state index in [9.17, 15) is 13.2 Å².